The van der Waals surface area contributed by atoms with Crippen molar-refractivity contribution in [2.75, 3.05) is 0 Å². The van der Waals surface area contributed by atoms with Crippen molar-refractivity contribution in [1.29, 1.82) is 0 Å². The van der Waals surface area contributed by atoms with Crippen LogP contribution in [0.5, 0.6) is 0 Å². The predicted molar refractivity (Wildman–Crippen MR) is 301 cm³/mol. The summed E-state index contributed by atoms with van der Waals surface area (Å²) in [6.45, 7) is 19.4. The fraction of sp³-hybridized carbons (Fsp3) is 0.155. The molecule has 0 aromatic heterocycles. The second kappa shape index (κ2) is 15.6. The predicted octanol–water partition coefficient (Wildman–Crippen LogP) is 19.2. The lowest BCUT2D eigenvalue weighted by molar-refractivity contribution is 0.649. The van der Waals surface area contributed by atoms with Crippen molar-refractivity contribution in [2.45, 2.75) is 71.6 Å². The zero-order valence-electron chi connectivity index (χ0n) is 42.1. The molecular weight excluding hydrogens is 853 g/mol. The lowest BCUT2D eigenvalue weighted by Crippen LogP contribution is -2.17. The first-order valence-corrected chi connectivity index (χ1v) is 25.5. The van der Waals surface area contributed by atoms with Crippen molar-refractivity contribution in [2.24, 2.45) is 0 Å². The van der Waals surface area contributed by atoms with Gasteiger partial charge in [0.2, 0.25) is 0 Å². The molecule has 13 rings (SSSR count). The molecule has 3 aliphatic rings. The third-order valence-electron chi connectivity index (χ3n) is 16.8. The molecule has 0 atom stereocenters. The van der Waals surface area contributed by atoms with Crippen molar-refractivity contribution >= 4 is 0 Å². The summed E-state index contributed by atoms with van der Waals surface area (Å²) in [4.78, 5) is 0. The molecule has 0 nitrogen and oxygen atoms in total. The van der Waals surface area contributed by atoms with Gasteiger partial charge in [-0.2, -0.15) is 0 Å². The number of rotatable bonds is 6. The molecule has 0 N–H and O–H groups in total. The third-order valence-corrected chi connectivity index (χ3v) is 16.8. The molecule has 342 valence electrons. The molecule has 0 saturated heterocycles. The molecule has 0 spiro atoms. The van der Waals surface area contributed by atoms with Crippen LogP contribution in [-0.4, -0.2) is 0 Å². The molecule has 0 bridgehead atoms. The van der Waals surface area contributed by atoms with E-state index in [4.69, 9.17) is 0 Å². The Morgan fingerprint density at radius 3 is 0.732 bits per heavy atom. The van der Waals surface area contributed by atoms with E-state index in [-0.39, 0.29) is 16.2 Å². The molecule has 10 aromatic rings. The van der Waals surface area contributed by atoms with Crippen LogP contribution in [-0.2, 0) is 16.2 Å². The Labute approximate surface area is 420 Å². The van der Waals surface area contributed by atoms with E-state index in [1.165, 1.54) is 145 Å². The van der Waals surface area contributed by atoms with Crippen LogP contribution >= 0.6 is 0 Å². The zero-order chi connectivity index (χ0) is 48.6. The van der Waals surface area contributed by atoms with Crippen molar-refractivity contribution in [1.82, 2.24) is 0 Å². The highest BCUT2D eigenvalue weighted by Crippen LogP contribution is 2.60. The fourth-order valence-corrected chi connectivity index (χ4v) is 12.9. The van der Waals surface area contributed by atoms with Gasteiger partial charge in [0.05, 0.1) is 0 Å². The third kappa shape index (κ3) is 6.64. The summed E-state index contributed by atoms with van der Waals surface area (Å²) >= 11 is 0. The normalized spacial score (nSPS) is 14.8. The minimum Gasteiger partial charge on any atom is -0.0622 e. The zero-order valence-corrected chi connectivity index (χ0v) is 42.1. The van der Waals surface area contributed by atoms with Crippen molar-refractivity contribution in [3.63, 3.8) is 0 Å². The van der Waals surface area contributed by atoms with Crippen molar-refractivity contribution < 1.29 is 0 Å². The number of fused-ring (bicyclic) bond motifs is 9. The van der Waals surface area contributed by atoms with Gasteiger partial charge < -0.3 is 0 Å². The number of benzene rings is 10. The van der Waals surface area contributed by atoms with Crippen LogP contribution < -0.4 is 0 Å². The average molecular weight is 911 g/mol. The lowest BCUT2D eigenvalue weighted by atomic mass is 9.78. The highest BCUT2D eigenvalue weighted by molar-refractivity contribution is 5.96. The van der Waals surface area contributed by atoms with E-state index >= 15 is 0 Å². The van der Waals surface area contributed by atoms with Crippen LogP contribution in [0, 0.1) is 13.8 Å². The highest BCUT2D eigenvalue weighted by atomic mass is 14.5. The Kier molecular flexibility index (Phi) is 9.50. The summed E-state index contributed by atoms with van der Waals surface area (Å²) in [7, 11) is 0. The number of hydrogen-bond donors (Lipinski definition) is 0. The van der Waals surface area contributed by atoms with Gasteiger partial charge in [-0.25, -0.2) is 0 Å². The van der Waals surface area contributed by atoms with Crippen LogP contribution in [0.1, 0.15) is 86.1 Å². The van der Waals surface area contributed by atoms with E-state index in [9.17, 15) is 0 Å². The van der Waals surface area contributed by atoms with Crippen molar-refractivity contribution in [3.8, 4) is 100 Å². The van der Waals surface area contributed by atoms with Gasteiger partial charge in [-0.1, -0.05) is 175 Å². The van der Waals surface area contributed by atoms with Gasteiger partial charge >= 0.3 is 0 Å². The maximum Gasteiger partial charge on any atom is 0.0159 e. The first-order valence-electron chi connectivity index (χ1n) is 25.5. The molecule has 0 heteroatoms. The van der Waals surface area contributed by atoms with E-state index in [0.29, 0.717) is 0 Å². The standard InChI is InChI=1S/C71H58/c1-43-29-49(55-33-51(45-21-13-9-14-22-45)31-52(34-55)46-23-15-10-16-24-46)37-65-67(43)59-41-61-57(39-63(59)70(65,5)6)58-40-64-60(42-62(58)69(61,3)4)68-44(2)30-50(38-66(68)71(64,7)8)56-35-53(47-25-17-11-18-26-47)32-54(36-56)48-27-19-12-20-28-48/h9-42H,1-8H3. The first-order chi connectivity index (χ1) is 34.3. The summed E-state index contributed by atoms with van der Waals surface area (Å²) in [5, 5.41) is 0. The fourth-order valence-electron chi connectivity index (χ4n) is 12.9. The quantitative estimate of drug-likeness (QED) is 0.156. The van der Waals surface area contributed by atoms with Gasteiger partial charge in [0, 0.05) is 16.2 Å². The molecule has 0 aliphatic heterocycles. The monoisotopic (exact) mass is 910 g/mol. The summed E-state index contributed by atoms with van der Waals surface area (Å²) in [6.07, 6.45) is 0. The SMILES string of the molecule is Cc1cc(-c2cc(-c3ccccc3)cc(-c3ccccc3)c2)cc2c1-c1cc3c(cc1C2(C)C)-c1cc2c(cc1C3(C)C)-c1c(C)cc(-c3cc(-c4ccccc4)cc(-c4ccccc4)c3)cc1C2(C)C. The maximum atomic E-state index is 2.59. The van der Waals surface area contributed by atoms with E-state index < -0.39 is 0 Å². The van der Waals surface area contributed by atoms with Crippen LogP contribution in [0.2, 0.25) is 0 Å². The molecule has 0 saturated carbocycles. The van der Waals surface area contributed by atoms with Gasteiger partial charge in [-0.3, -0.25) is 0 Å². The number of hydrogen-bond acceptors (Lipinski definition) is 0. The van der Waals surface area contributed by atoms with Gasteiger partial charge in [-0.15, -0.1) is 0 Å². The largest absolute Gasteiger partial charge is 0.0622 e. The lowest BCUT2D eigenvalue weighted by Gasteiger charge is -2.25. The summed E-state index contributed by atoms with van der Waals surface area (Å²) in [5.41, 5.74) is 33.9. The van der Waals surface area contributed by atoms with Crippen LogP contribution in [0.15, 0.2) is 206 Å². The minimum atomic E-state index is -0.190. The molecule has 0 amide bonds. The van der Waals surface area contributed by atoms with Crippen LogP contribution in [0.3, 0.4) is 0 Å². The Morgan fingerprint density at radius 1 is 0.211 bits per heavy atom. The van der Waals surface area contributed by atoms with Crippen LogP contribution in [0.4, 0.5) is 0 Å². The molecule has 0 heterocycles. The summed E-state index contributed by atoms with van der Waals surface area (Å²) in [5.74, 6) is 0. The second-order valence-electron chi connectivity index (χ2n) is 22.3. The van der Waals surface area contributed by atoms with Gasteiger partial charge in [0.15, 0.2) is 0 Å². The smallest absolute Gasteiger partial charge is 0.0159 e. The summed E-state index contributed by atoms with van der Waals surface area (Å²) in [6, 6.07) is 77.8. The average Bonchev–Trinajstić information content (AvgIpc) is 3.87. The molecule has 10 aromatic carbocycles. The molecule has 0 unspecified atom stereocenters. The van der Waals surface area contributed by atoms with E-state index in [1.807, 2.05) is 0 Å². The molecule has 0 fully saturated rings. The Morgan fingerprint density at radius 2 is 0.437 bits per heavy atom. The molecule has 71 heavy (non-hydrogen) atoms. The topological polar surface area (TPSA) is 0 Å². The van der Waals surface area contributed by atoms with Gasteiger partial charge in [0.25, 0.3) is 0 Å². The summed E-state index contributed by atoms with van der Waals surface area (Å²) < 4.78 is 0. The van der Waals surface area contributed by atoms with E-state index in [1.54, 1.807) is 0 Å². The number of aryl methyl sites for hydroxylation is 2. The molecule has 0 radical (unpaired) electrons. The minimum absolute atomic E-state index is 0.173. The second-order valence-corrected chi connectivity index (χ2v) is 22.3. The Bertz CT molecular complexity index is 3440. The molecule has 3 aliphatic carbocycles. The highest BCUT2D eigenvalue weighted by Gasteiger charge is 2.45. The van der Waals surface area contributed by atoms with Gasteiger partial charge in [-0.05, 0) is 231 Å². The van der Waals surface area contributed by atoms with E-state index in [0.717, 1.165) is 0 Å². The van der Waals surface area contributed by atoms with E-state index in [2.05, 4.69) is 262 Å². The van der Waals surface area contributed by atoms with Crippen LogP contribution in [0.25, 0.3) is 100 Å². The van der Waals surface area contributed by atoms with Crippen molar-refractivity contribution in [3.05, 3.63) is 251 Å². The Balaban J connectivity index is 0.905. The van der Waals surface area contributed by atoms with Gasteiger partial charge in [0.1, 0.15) is 0 Å². The first kappa shape index (κ1) is 43.2. The Hall–Kier alpha value is -7.80. The maximum absolute atomic E-state index is 2.59. The molecular formula is C71H58.